The summed E-state index contributed by atoms with van der Waals surface area (Å²) in [7, 11) is 0. The first-order valence-corrected chi connectivity index (χ1v) is 7.37. The highest BCUT2D eigenvalue weighted by Gasteiger charge is 2.27. The van der Waals surface area contributed by atoms with E-state index in [0.717, 1.165) is 24.4 Å². The van der Waals surface area contributed by atoms with Gasteiger partial charge in [0.15, 0.2) is 0 Å². The van der Waals surface area contributed by atoms with E-state index in [1.807, 2.05) is 24.4 Å². The van der Waals surface area contributed by atoms with Gasteiger partial charge in [-0.1, -0.05) is 11.2 Å². The molecule has 2 unspecified atom stereocenters. The highest BCUT2D eigenvalue weighted by molar-refractivity contribution is 7.13. The molecule has 2 aromatic heterocycles. The lowest BCUT2D eigenvalue weighted by Crippen LogP contribution is -2.24. The average Bonchev–Trinajstić information content (AvgIpc) is 3.09. The molecule has 0 bridgehead atoms. The Morgan fingerprint density at radius 2 is 2.53 bits per heavy atom. The van der Waals surface area contributed by atoms with Gasteiger partial charge in [0.05, 0.1) is 17.5 Å². The van der Waals surface area contributed by atoms with Crippen LogP contribution in [0.1, 0.15) is 19.2 Å². The third-order valence-electron chi connectivity index (χ3n) is 3.56. The minimum atomic E-state index is -0.241. The fourth-order valence-electron chi connectivity index (χ4n) is 2.42. The van der Waals surface area contributed by atoms with E-state index in [1.54, 1.807) is 11.3 Å². The maximum absolute atomic E-state index is 9.59. The van der Waals surface area contributed by atoms with E-state index in [9.17, 15) is 5.11 Å². The summed E-state index contributed by atoms with van der Waals surface area (Å²) in [6.07, 6.45) is 0.790. The summed E-state index contributed by atoms with van der Waals surface area (Å²) in [4.78, 5) is 7.69. The van der Waals surface area contributed by atoms with E-state index in [4.69, 9.17) is 4.52 Å². The zero-order chi connectivity index (χ0) is 13.2. The number of likely N-dealkylation sites (tertiary alicyclic amines) is 1. The van der Waals surface area contributed by atoms with Gasteiger partial charge in [-0.3, -0.25) is 4.90 Å². The van der Waals surface area contributed by atoms with E-state index >= 15 is 0 Å². The van der Waals surface area contributed by atoms with E-state index in [1.165, 1.54) is 0 Å². The Morgan fingerprint density at radius 3 is 3.21 bits per heavy atom. The Kier molecular flexibility index (Phi) is 3.63. The summed E-state index contributed by atoms with van der Waals surface area (Å²) in [5, 5.41) is 15.6. The van der Waals surface area contributed by atoms with Gasteiger partial charge in [0.1, 0.15) is 0 Å². The molecular formula is C13H17N3O2S. The summed E-state index contributed by atoms with van der Waals surface area (Å²) < 4.78 is 5.29. The second kappa shape index (κ2) is 5.40. The summed E-state index contributed by atoms with van der Waals surface area (Å²) in [6.45, 7) is 4.40. The van der Waals surface area contributed by atoms with Crippen LogP contribution in [-0.4, -0.2) is 39.3 Å². The van der Waals surface area contributed by atoms with Gasteiger partial charge < -0.3 is 9.63 Å². The lowest BCUT2D eigenvalue weighted by atomic mass is 10.0. The molecule has 1 aliphatic heterocycles. The number of nitrogens with zero attached hydrogens (tertiary/aromatic N) is 3. The molecule has 0 saturated carbocycles. The van der Waals surface area contributed by atoms with Crippen molar-refractivity contribution in [1.29, 1.82) is 0 Å². The summed E-state index contributed by atoms with van der Waals surface area (Å²) in [6, 6.07) is 3.96. The molecule has 0 radical (unpaired) electrons. The van der Waals surface area contributed by atoms with Crippen molar-refractivity contribution in [3.8, 4) is 10.7 Å². The average molecular weight is 279 g/mol. The summed E-state index contributed by atoms with van der Waals surface area (Å²) in [5.74, 6) is 1.67. The van der Waals surface area contributed by atoms with Crippen molar-refractivity contribution >= 4 is 11.3 Å². The molecule has 1 fully saturated rings. The smallest absolute Gasteiger partial charge is 0.241 e. The van der Waals surface area contributed by atoms with Crippen LogP contribution in [-0.2, 0) is 6.54 Å². The van der Waals surface area contributed by atoms with Crippen molar-refractivity contribution in [1.82, 2.24) is 15.0 Å². The van der Waals surface area contributed by atoms with Crippen molar-refractivity contribution in [3.05, 3.63) is 23.4 Å². The largest absolute Gasteiger partial charge is 0.393 e. The molecule has 3 heterocycles. The van der Waals surface area contributed by atoms with Gasteiger partial charge in [-0.2, -0.15) is 4.98 Å². The molecule has 0 spiro atoms. The molecular weight excluding hydrogens is 262 g/mol. The third-order valence-corrected chi connectivity index (χ3v) is 4.43. The van der Waals surface area contributed by atoms with Gasteiger partial charge in [0.2, 0.25) is 11.7 Å². The van der Waals surface area contributed by atoms with Crippen LogP contribution < -0.4 is 0 Å². The van der Waals surface area contributed by atoms with Crippen LogP contribution in [0, 0.1) is 5.92 Å². The van der Waals surface area contributed by atoms with Crippen LogP contribution >= 0.6 is 11.3 Å². The van der Waals surface area contributed by atoms with Gasteiger partial charge in [-0.25, -0.2) is 0 Å². The SMILES string of the molecule is CC(O)C1CCN(Cc2nc(-c3cccs3)no2)C1. The maximum Gasteiger partial charge on any atom is 0.241 e. The van der Waals surface area contributed by atoms with Crippen LogP contribution in [0.25, 0.3) is 10.7 Å². The molecule has 6 heteroatoms. The second-order valence-electron chi connectivity index (χ2n) is 5.01. The van der Waals surface area contributed by atoms with E-state index in [0.29, 0.717) is 24.2 Å². The van der Waals surface area contributed by atoms with E-state index < -0.39 is 0 Å². The molecule has 1 saturated heterocycles. The lowest BCUT2D eigenvalue weighted by Gasteiger charge is -2.15. The Hall–Kier alpha value is -1.24. The molecule has 1 aliphatic rings. The standard InChI is InChI=1S/C13H17N3O2S/c1-9(17)10-4-5-16(7-10)8-12-14-13(15-18-12)11-3-2-6-19-11/h2-3,6,9-10,17H,4-5,7-8H2,1H3. The fourth-order valence-corrected chi connectivity index (χ4v) is 3.07. The van der Waals surface area contributed by atoms with Gasteiger partial charge in [0, 0.05) is 6.54 Å². The molecule has 0 aromatic carbocycles. The highest BCUT2D eigenvalue weighted by Crippen LogP contribution is 2.24. The number of hydrogen-bond acceptors (Lipinski definition) is 6. The van der Waals surface area contributed by atoms with Crippen LogP contribution in [0.15, 0.2) is 22.0 Å². The van der Waals surface area contributed by atoms with Crippen LogP contribution in [0.3, 0.4) is 0 Å². The molecule has 3 rings (SSSR count). The first-order valence-electron chi connectivity index (χ1n) is 6.49. The third kappa shape index (κ3) is 2.86. The van der Waals surface area contributed by atoms with Crippen LogP contribution in [0.5, 0.6) is 0 Å². The van der Waals surface area contributed by atoms with Crippen LogP contribution in [0.2, 0.25) is 0 Å². The van der Waals surface area contributed by atoms with Gasteiger partial charge in [-0.15, -0.1) is 11.3 Å². The zero-order valence-electron chi connectivity index (χ0n) is 10.8. The first-order chi connectivity index (χ1) is 9.22. The first kappa shape index (κ1) is 12.8. The lowest BCUT2D eigenvalue weighted by molar-refractivity contribution is 0.125. The molecule has 0 amide bonds. The van der Waals surface area contributed by atoms with Crippen LogP contribution in [0.4, 0.5) is 0 Å². The second-order valence-corrected chi connectivity index (χ2v) is 5.96. The molecule has 0 aliphatic carbocycles. The Bertz CT molecular complexity index is 524. The number of thiophene rings is 1. The Labute approximate surface area is 115 Å². The number of aromatic nitrogens is 2. The topological polar surface area (TPSA) is 62.4 Å². The summed E-state index contributed by atoms with van der Waals surface area (Å²) in [5.41, 5.74) is 0. The normalized spacial score (nSPS) is 21.9. The van der Waals surface area contributed by atoms with Crippen molar-refractivity contribution in [3.63, 3.8) is 0 Å². The Balaban J connectivity index is 1.62. The number of aliphatic hydroxyl groups excluding tert-OH is 1. The van der Waals surface area contributed by atoms with Crippen molar-refractivity contribution in [2.24, 2.45) is 5.92 Å². The van der Waals surface area contributed by atoms with Gasteiger partial charge in [0.25, 0.3) is 0 Å². The molecule has 19 heavy (non-hydrogen) atoms. The Morgan fingerprint density at radius 1 is 1.63 bits per heavy atom. The predicted molar refractivity (Wildman–Crippen MR) is 72.7 cm³/mol. The predicted octanol–water partition coefficient (Wildman–Crippen LogP) is 2.00. The maximum atomic E-state index is 9.59. The molecule has 1 N–H and O–H groups in total. The minimum absolute atomic E-state index is 0.241. The zero-order valence-corrected chi connectivity index (χ0v) is 11.6. The molecule has 102 valence electrons. The highest BCUT2D eigenvalue weighted by atomic mass is 32.1. The molecule has 2 atom stereocenters. The van der Waals surface area contributed by atoms with Gasteiger partial charge in [-0.05, 0) is 37.3 Å². The van der Waals surface area contributed by atoms with E-state index in [-0.39, 0.29) is 6.10 Å². The molecule has 2 aromatic rings. The van der Waals surface area contributed by atoms with Crippen molar-refractivity contribution < 1.29 is 9.63 Å². The number of rotatable bonds is 4. The van der Waals surface area contributed by atoms with Gasteiger partial charge >= 0.3 is 0 Å². The quantitative estimate of drug-likeness (QED) is 0.927. The van der Waals surface area contributed by atoms with Crippen molar-refractivity contribution in [2.45, 2.75) is 26.0 Å². The number of hydrogen-bond donors (Lipinski definition) is 1. The fraction of sp³-hybridized carbons (Fsp3) is 0.538. The number of aliphatic hydroxyl groups is 1. The van der Waals surface area contributed by atoms with E-state index in [2.05, 4.69) is 15.0 Å². The minimum Gasteiger partial charge on any atom is -0.393 e. The summed E-state index contributed by atoms with van der Waals surface area (Å²) >= 11 is 1.60. The molecule has 5 nitrogen and oxygen atoms in total. The monoisotopic (exact) mass is 279 g/mol. The van der Waals surface area contributed by atoms with Crippen molar-refractivity contribution in [2.75, 3.05) is 13.1 Å².